The van der Waals surface area contributed by atoms with E-state index in [9.17, 15) is 9.59 Å². The molecule has 2 unspecified atom stereocenters. The van der Waals surface area contributed by atoms with Gasteiger partial charge in [-0.2, -0.15) is 0 Å². The zero-order valence-corrected chi connectivity index (χ0v) is 15.0. The highest BCUT2D eigenvalue weighted by molar-refractivity contribution is 5.72. The van der Waals surface area contributed by atoms with Gasteiger partial charge in [0.1, 0.15) is 6.61 Å². The Labute approximate surface area is 139 Å². The molecular formula is C17H32O6. The zero-order valence-electron chi connectivity index (χ0n) is 15.0. The molecule has 0 bridgehead atoms. The average molecular weight is 332 g/mol. The summed E-state index contributed by atoms with van der Waals surface area (Å²) in [5, 5.41) is 0. The largest absolute Gasteiger partial charge is 0.466 e. The molecule has 23 heavy (non-hydrogen) atoms. The third-order valence-electron chi connectivity index (χ3n) is 3.58. The van der Waals surface area contributed by atoms with Gasteiger partial charge in [0, 0.05) is 20.3 Å². The van der Waals surface area contributed by atoms with Crippen LogP contribution < -0.4 is 0 Å². The Bertz CT molecular complexity index is 318. The van der Waals surface area contributed by atoms with Crippen LogP contribution >= 0.6 is 0 Å². The molecule has 0 saturated heterocycles. The summed E-state index contributed by atoms with van der Waals surface area (Å²) in [6, 6.07) is 0. The minimum atomic E-state index is -0.180. The van der Waals surface area contributed by atoms with E-state index in [4.69, 9.17) is 18.9 Å². The first kappa shape index (κ1) is 21.9. The van der Waals surface area contributed by atoms with Crippen LogP contribution in [0.2, 0.25) is 0 Å². The number of esters is 2. The molecule has 0 aromatic rings. The zero-order chi connectivity index (χ0) is 17.5. The lowest BCUT2D eigenvalue weighted by molar-refractivity contribution is -0.150. The van der Waals surface area contributed by atoms with Crippen LogP contribution in [0.5, 0.6) is 0 Å². The fraction of sp³-hybridized carbons (Fsp3) is 0.882. The quantitative estimate of drug-likeness (QED) is 0.360. The van der Waals surface area contributed by atoms with Gasteiger partial charge in [-0.1, -0.05) is 13.8 Å². The molecule has 6 heteroatoms. The monoisotopic (exact) mass is 332 g/mol. The second-order valence-corrected chi connectivity index (χ2v) is 5.46. The number of carbonyl (C=O) groups is 2. The minimum absolute atomic E-state index is 0.0890. The van der Waals surface area contributed by atoms with E-state index in [-0.39, 0.29) is 23.8 Å². The Morgan fingerprint density at radius 1 is 0.913 bits per heavy atom. The first-order valence-corrected chi connectivity index (χ1v) is 8.46. The van der Waals surface area contributed by atoms with Gasteiger partial charge >= 0.3 is 11.9 Å². The van der Waals surface area contributed by atoms with Crippen LogP contribution in [0, 0.1) is 11.8 Å². The van der Waals surface area contributed by atoms with Crippen molar-refractivity contribution in [2.45, 2.75) is 46.5 Å². The number of rotatable bonds is 14. The summed E-state index contributed by atoms with van der Waals surface area (Å²) in [6.45, 7) is 7.84. The van der Waals surface area contributed by atoms with Crippen molar-refractivity contribution < 1.29 is 28.5 Å². The molecule has 2 atom stereocenters. The van der Waals surface area contributed by atoms with Crippen molar-refractivity contribution in [1.82, 2.24) is 0 Å². The van der Waals surface area contributed by atoms with E-state index in [0.29, 0.717) is 39.5 Å². The van der Waals surface area contributed by atoms with Crippen molar-refractivity contribution in [2.75, 3.05) is 40.1 Å². The van der Waals surface area contributed by atoms with Crippen LogP contribution in [-0.2, 0) is 28.5 Å². The second kappa shape index (κ2) is 14.5. The molecule has 0 radical (unpaired) electrons. The molecule has 0 aliphatic carbocycles. The molecule has 0 aromatic carbocycles. The summed E-state index contributed by atoms with van der Waals surface area (Å²) >= 11 is 0. The molecule has 6 nitrogen and oxygen atoms in total. The van der Waals surface area contributed by atoms with Crippen molar-refractivity contribution in [2.24, 2.45) is 11.8 Å². The highest BCUT2D eigenvalue weighted by Crippen LogP contribution is 2.13. The van der Waals surface area contributed by atoms with Gasteiger partial charge in [0.15, 0.2) is 0 Å². The second-order valence-electron chi connectivity index (χ2n) is 5.46. The van der Waals surface area contributed by atoms with Gasteiger partial charge in [-0.25, -0.2) is 0 Å². The molecule has 0 heterocycles. The standard InChI is InChI=1S/C17H32O6/c1-5-15(17(19)23-13-12-20-4)8-7-10-21-11-9-14(3)16(18)22-6-2/h14-15H,5-13H2,1-4H3. The van der Waals surface area contributed by atoms with Gasteiger partial charge in [0.05, 0.1) is 25.0 Å². The van der Waals surface area contributed by atoms with Crippen LogP contribution in [0.4, 0.5) is 0 Å². The Balaban J connectivity index is 3.71. The van der Waals surface area contributed by atoms with Gasteiger partial charge in [-0.15, -0.1) is 0 Å². The SMILES string of the molecule is CCOC(=O)C(C)CCOCCCC(CC)C(=O)OCCOC. The third kappa shape index (κ3) is 11.1. The number of hydrogen-bond donors (Lipinski definition) is 0. The highest BCUT2D eigenvalue weighted by Gasteiger charge is 2.17. The lowest BCUT2D eigenvalue weighted by Gasteiger charge is -2.14. The van der Waals surface area contributed by atoms with Gasteiger partial charge in [-0.05, 0) is 32.6 Å². The van der Waals surface area contributed by atoms with Crippen molar-refractivity contribution >= 4 is 11.9 Å². The van der Waals surface area contributed by atoms with Crippen LogP contribution in [0.25, 0.3) is 0 Å². The number of hydrogen-bond acceptors (Lipinski definition) is 6. The predicted molar refractivity (Wildman–Crippen MR) is 87.1 cm³/mol. The Morgan fingerprint density at radius 2 is 1.65 bits per heavy atom. The van der Waals surface area contributed by atoms with Crippen LogP contribution in [-0.4, -0.2) is 52.1 Å². The Morgan fingerprint density at radius 3 is 2.26 bits per heavy atom. The van der Waals surface area contributed by atoms with Crippen molar-refractivity contribution in [3.8, 4) is 0 Å². The maximum absolute atomic E-state index is 11.8. The molecule has 0 N–H and O–H groups in total. The molecule has 136 valence electrons. The molecule has 0 aliphatic heterocycles. The maximum Gasteiger partial charge on any atom is 0.309 e. The normalized spacial score (nSPS) is 13.4. The minimum Gasteiger partial charge on any atom is -0.466 e. The van der Waals surface area contributed by atoms with Gasteiger partial charge < -0.3 is 18.9 Å². The molecule has 0 aliphatic rings. The predicted octanol–water partition coefficient (Wildman–Crippen LogP) is 2.59. The number of methoxy groups -OCH3 is 1. The van der Waals surface area contributed by atoms with E-state index in [1.165, 1.54) is 0 Å². The fourth-order valence-corrected chi connectivity index (χ4v) is 2.03. The summed E-state index contributed by atoms with van der Waals surface area (Å²) in [5.41, 5.74) is 0. The maximum atomic E-state index is 11.8. The first-order chi connectivity index (χ1) is 11.1. The van der Waals surface area contributed by atoms with Crippen LogP contribution in [0.15, 0.2) is 0 Å². The summed E-state index contributed by atoms with van der Waals surface area (Å²) in [7, 11) is 1.57. The number of ether oxygens (including phenoxy) is 4. The molecule has 0 saturated carbocycles. The lowest BCUT2D eigenvalue weighted by atomic mass is 10.0. The van der Waals surface area contributed by atoms with Gasteiger partial charge in [0.2, 0.25) is 0 Å². The van der Waals surface area contributed by atoms with Crippen molar-refractivity contribution in [3.63, 3.8) is 0 Å². The third-order valence-corrected chi connectivity index (χ3v) is 3.58. The Kier molecular flexibility index (Phi) is 13.7. The summed E-state index contributed by atoms with van der Waals surface area (Å²) < 4.78 is 20.5. The number of carbonyl (C=O) groups excluding carboxylic acids is 2. The summed E-state index contributed by atoms with van der Waals surface area (Å²) in [6.07, 6.45) is 2.95. The summed E-state index contributed by atoms with van der Waals surface area (Å²) in [4.78, 5) is 23.3. The smallest absolute Gasteiger partial charge is 0.309 e. The van der Waals surface area contributed by atoms with E-state index >= 15 is 0 Å². The van der Waals surface area contributed by atoms with Crippen LogP contribution in [0.3, 0.4) is 0 Å². The molecular weight excluding hydrogens is 300 g/mol. The van der Waals surface area contributed by atoms with E-state index in [1.807, 2.05) is 13.8 Å². The van der Waals surface area contributed by atoms with E-state index in [2.05, 4.69) is 0 Å². The molecule has 0 amide bonds. The lowest BCUT2D eigenvalue weighted by Crippen LogP contribution is -2.20. The van der Waals surface area contributed by atoms with Crippen molar-refractivity contribution in [1.29, 1.82) is 0 Å². The van der Waals surface area contributed by atoms with E-state index in [0.717, 1.165) is 19.3 Å². The van der Waals surface area contributed by atoms with Crippen molar-refractivity contribution in [3.05, 3.63) is 0 Å². The molecule has 0 fully saturated rings. The topological polar surface area (TPSA) is 71.1 Å². The highest BCUT2D eigenvalue weighted by atomic mass is 16.6. The first-order valence-electron chi connectivity index (χ1n) is 8.46. The Hall–Kier alpha value is -1.14. The molecule has 0 rings (SSSR count). The van der Waals surface area contributed by atoms with Gasteiger partial charge in [-0.3, -0.25) is 9.59 Å². The van der Waals surface area contributed by atoms with E-state index in [1.54, 1.807) is 14.0 Å². The molecule has 0 spiro atoms. The van der Waals surface area contributed by atoms with Gasteiger partial charge in [0.25, 0.3) is 0 Å². The van der Waals surface area contributed by atoms with E-state index < -0.39 is 0 Å². The fourth-order valence-electron chi connectivity index (χ4n) is 2.03. The van der Waals surface area contributed by atoms with Crippen LogP contribution in [0.1, 0.15) is 46.5 Å². The average Bonchev–Trinajstić information content (AvgIpc) is 2.54. The molecule has 0 aromatic heterocycles. The summed E-state index contributed by atoms with van der Waals surface area (Å²) in [5.74, 6) is -0.579.